The van der Waals surface area contributed by atoms with Crippen molar-refractivity contribution in [1.82, 2.24) is 0 Å². The monoisotopic (exact) mass is 570 g/mol. The molecule has 1 heteroatoms. The molecule has 0 saturated heterocycles. The lowest BCUT2D eigenvalue weighted by Gasteiger charge is -2.48. The first-order valence-electron chi connectivity index (χ1n) is 15.8. The van der Waals surface area contributed by atoms with Gasteiger partial charge in [0.05, 0.1) is 10.8 Å². The van der Waals surface area contributed by atoms with E-state index in [2.05, 4.69) is 158 Å². The molecule has 0 saturated carbocycles. The van der Waals surface area contributed by atoms with Gasteiger partial charge in [0, 0.05) is 10.8 Å². The average Bonchev–Trinajstić information content (AvgIpc) is 3.72. The van der Waals surface area contributed by atoms with Gasteiger partial charge < -0.3 is 4.42 Å². The summed E-state index contributed by atoms with van der Waals surface area (Å²) in [7, 11) is 0. The van der Waals surface area contributed by atoms with Crippen molar-refractivity contribution in [3.8, 4) is 22.3 Å². The van der Waals surface area contributed by atoms with E-state index in [4.69, 9.17) is 4.42 Å². The fraction of sp³-hybridized carbons (Fsp3) is 0.0455. The highest BCUT2D eigenvalue weighted by molar-refractivity contribution is 6.08. The Kier molecular flexibility index (Phi) is 4.27. The van der Waals surface area contributed by atoms with Crippen LogP contribution in [-0.2, 0) is 10.8 Å². The van der Waals surface area contributed by atoms with Crippen LogP contribution in [0.1, 0.15) is 44.5 Å². The molecule has 7 aromatic carbocycles. The van der Waals surface area contributed by atoms with Gasteiger partial charge in [-0.1, -0.05) is 140 Å². The Morgan fingerprint density at radius 3 is 1.22 bits per heavy atom. The third-order valence-electron chi connectivity index (χ3n) is 11.0. The van der Waals surface area contributed by atoms with E-state index in [1.54, 1.807) is 0 Å². The standard InChI is InChI=1S/C44H26O/c1-5-17-33-27(13-1)28-14-2-6-18-34(28)43(33)36-20-8-10-22-38(36)44(39-23-11-9-21-37(39)43)35-19-7-3-15-29(35)31-26-42-32(25-40(31)44)30-16-4-12-24-41(30)45-42/h1-26H. The molecule has 11 rings (SSSR count). The maximum Gasteiger partial charge on any atom is 0.136 e. The third kappa shape index (κ3) is 2.57. The minimum Gasteiger partial charge on any atom is -0.456 e. The maximum atomic E-state index is 6.46. The summed E-state index contributed by atoms with van der Waals surface area (Å²) in [6, 6.07) is 58.9. The Labute approximate surface area is 261 Å². The van der Waals surface area contributed by atoms with Gasteiger partial charge in [0.15, 0.2) is 0 Å². The Hall–Kier alpha value is -5.66. The van der Waals surface area contributed by atoms with Gasteiger partial charge in [0.1, 0.15) is 11.2 Å². The van der Waals surface area contributed by atoms with Gasteiger partial charge in [-0.3, -0.25) is 0 Å². The minimum absolute atomic E-state index is 0.421. The SMILES string of the molecule is c1ccc2c(c1)-c1ccccc1C21c2ccccc2C2(c3ccccc3-c3cc4oc5ccccc5c4cc32)c2ccccc21. The van der Waals surface area contributed by atoms with Crippen LogP contribution < -0.4 is 0 Å². The molecule has 45 heavy (non-hydrogen) atoms. The Morgan fingerprint density at radius 2 is 0.689 bits per heavy atom. The molecule has 0 amide bonds. The fourth-order valence-electron chi connectivity index (χ4n) is 9.45. The predicted octanol–water partition coefficient (Wildman–Crippen LogP) is 10.6. The van der Waals surface area contributed by atoms with Crippen LogP contribution in [0.2, 0.25) is 0 Å². The highest BCUT2D eigenvalue weighted by Gasteiger charge is 2.58. The molecule has 0 fully saturated rings. The van der Waals surface area contributed by atoms with E-state index in [-0.39, 0.29) is 0 Å². The summed E-state index contributed by atoms with van der Waals surface area (Å²) >= 11 is 0. The molecule has 3 aliphatic rings. The largest absolute Gasteiger partial charge is 0.456 e. The van der Waals surface area contributed by atoms with Gasteiger partial charge >= 0.3 is 0 Å². The highest BCUT2D eigenvalue weighted by atomic mass is 16.3. The van der Waals surface area contributed by atoms with Gasteiger partial charge in [0.25, 0.3) is 0 Å². The van der Waals surface area contributed by atoms with E-state index < -0.39 is 10.8 Å². The van der Waals surface area contributed by atoms with Crippen LogP contribution in [0.4, 0.5) is 0 Å². The number of benzene rings is 7. The Balaban J connectivity index is 1.36. The quantitative estimate of drug-likeness (QED) is 0.177. The van der Waals surface area contributed by atoms with Crippen molar-refractivity contribution >= 4 is 21.9 Å². The predicted molar refractivity (Wildman–Crippen MR) is 182 cm³/mol. The third-order valence-corrected chi connectivity index (χ3v) is 11.0. The first kappa shape index (κ1) is 23.8. The lowest BCUT2D eigenvalue weighted by molar-refractivity contribution is 0.632. The first-order valence-corrected chi connectivity index (χ1v) is 15.8. The van der Waals surface area contributed by atoms with Crippen LogP contribution in [0.5, 0.6) is 0 Å². The van der Waals surface area contributed by atoms with Crippen LogP contribution in [-0.4, -0.2) is 0 Å². The van der Waals surface area contributed by atoms with Crippen molar-refractivity contribution in [2.24, 2.45) is 0 Å². The zero-order chi connectivity index (χ0) is 29.3. The van der Waals surface area contributed by atoms with Crippen molar-refractivity contribution in [2.75, 3.05) is 0 Å². The molecule has 0 radical (unpaired) electrons. The van der Waals surface area contributed by atoms with Crippen molar-refractivity contribution in [3.05, 3.63) is 202 Å². The molecule has 208 valence electrons. The summed E-state index contributed by atoms with van der Waals surface area (Å²) in [5.41, 5.74) is 17.0. The second-order valence-corrected chi connectivity index (χ2v) is 12.7. The second kappa shape index (κ2) is 8.08. The molecule has 0 unspecified atom stereocenters. The molecule has 1 heterocycles. The first-order chi connectivity index (χ1) is 22.3. The number of hydrogen-bond acceptors (Lipinski definition) is 1. The molecule has 1 aromatic heterocycles. The number of hydrogen-bond donors (Lipinski definition) is 0. The van der Waals surface area contributed by atoms with Gasteiger partial charge in [0.2, 0.25) is 0 Å². The summed E-state index contributed by atoms with van der Waals surface area (Å²) in [5.74, 6) is 0. The van der Waals surface area contributed by atoms with Crippen molar-refractivity contribution < 1.29 is 4.42 Å². The lowest BCUT2D eigenvalue weighted by Crippen LogP contribution is -2.43. The summed E-state index contributed by atoms with van der Waals surface area (Å²) in [4.78, 5) is 0. The summed E-state index contributed by atoms with van der Waals surface area (Å²) in [5, 5.41) is 2.33. The number of rotatable bonds is 0. The van der Waals surface area contributed by atoms with Crippen molar-refractivity contribution in [2.45, 2.75) is 10.8 Å². The van der Waals surface area contributed by atoms with E-state index >= 15 is 0 Å². The van der Waals surface area contributed by atoms with Gasteiger partial charge in [-0.2, -0.15) is 0 Å². The smallest absolute Gasteiger partial charge is 0.136 e. The molecule has 0 atom stereocenters. The second-order valence-electron chi connectivity index (χ2n) is 12.7. The molecule has 0 aliphatic heterocycles. The lowest BCUT2D eigenvalue weighted by atomic mass is 9.52. The molecule has 0 bridgehead atoms. The van der Waals surface area contributed by atoms with E-state index in [9.17, 15) is 0 Å². The number of fused-ring (bicyclic) bond motifs is 19. The fourth-order valence-corrected chi connectivity index (χ4v) is 9.45. The zero-order valence-electron chi connectivity index (χ0n) is 24.4. The molecule has 8 aromatic rings. The molecule has 2 spiro atoms. The van der Waals surface area contributed by atoms with E-state index in [1.165, 1.54) is 72.1 Å². The van der Waals surface area contributed by atoms with E-state index in [0.717, 1.165) is 16.6 Å². The maximum absolute atomic E-state index is 6.46. The molecule has 0 N–H and O–H groups in total. The van der Waals surface area contributed by atoms with Crippen LogP contribution in [0.15, 0.2) is 162 Å². The van der Waals surface area contributed by atoms with E-state index in [1.807, 2.05) is 0 Å². The highest BCUT2D eigenvalue weighted by Crippen LogP contribution is 2.67. The molecule has 3 aliphatic carbocycles. The van der Waals surface area contributed by atoms with Crippen LogP contribution in [0, 0.1) is 0 Å². The normalized spacial score (nSPS) is 15.5. The topological polar surface area (TPSA) is 13.1 Å². The Bertz CT molecular complexity index is 2470. The average molecular weight is 571 g/mol. The molecular formula is C44H26O. The zero-order valence-corrected chi connectivity index (χ0v) is 24.4. The Morgan fingerprint density at radius 1 is 0.289 bits per heavy atom. The number of para-hydroxylation sites is 1. The molecular weight excluding hydrogens is 544 g/mol. The van der Waals surface area contributed by atoms with Crippen molar-refractivity contribution in [3.63, 3.8) is 0 Å². The van der Waals surface area contributed by atoms with Gasteiger partial charge in [-0.25, -0.2) is 0 Å². The van der Waals surface area contributed by atoms with Gasteiger partial charge in [-0.15, -0.1) is 0 Å². The van der Waals surface area contributed by atoms with Crippen LogP contribution in [0.25, 0.3) is 44.2 Å². The van der Waals surface area contributed by atoms with Crippen LogP contribution in [0.3, 0.4) is 0 Å². The number of furan rings is 1. The van der Waals surface area contributed by atoms with Gasteiger partial charge in [-0.05, 0) is 85.0 Å². The summed E-state index contributed by atoms with van der Waals surface area (Å²) in [6.07, 6.45) is 0. The van der Waals surface area contributed by atoms with Crippen molar-refractivity contribution in [1.29, 1.82) is 0 Å². The minimum atomic E-state index is -0.483. The summed E-state index contributed by atoms with van der Waals surface area (Å²) < 4.78 is 6.46. The summed E-state index contributed by atoms with van der Waals surface area (Å²) in [6.45, 7) is 0. The van der Waals surface area contributed by atoms with Crippen LogP contribution >= 0.6 is 0 Å². The molecule has 1 nitrogen and oxygen atoms in total. The van der Waals surface area contributed by atoms with E-state index in [0.29, 0.717) is 0 Å².